The van der Waals surface area contributed by atoms with Crippen molar-refractivity contribution in [2.75, 3.05) is 6.79 Å². The van der Waals surface area contributed by atoms with Crippen LogP contribution in [0, 0.1) is 0 Å². The van der Waals surface area contributed by atoms with Crippen molar-refractivity contribution >= 4 is 11.0 Å². The molecule has 0 saturated heterocycles. The van der Waals surface area contributed by atoms with Gasteiger partial charge in [-0.25, -0.2) is 0 Å². The standard InChI is InChI=1S/C9H6O4/c10-6-3-11-7-2-9-8(1-5(6)7)12-4-13-9/h1-3,10H,4H2. The van der Waals surface area contributed by atoms with Gasteiger partial charge in [0.15, 0.2) is 17.2 Å². The second kappa shape index (κ2) is 2.10. The first kappa shape index (κ1) is 6.65. The molecule has 0 aliphatic carbocycles. The van der Waals surface area contributed by atoms with Gasteiger partial charge < -0.3 is 19.0 Å². The summed E-state index contributed by atoms with van der Waals surface area (Å²) in [6, 6.07) is 3.41. The van der Waals surface area contributed by atoms with E-state index in [1.54, 1.807) is 12.1 Å². The largest absolute Gasteiger partial charge is 0.504 e. The summed E-state index contributed by atoms with van der Waals surface area (Å²) in [6.45, 7) is 0.225. The monoisotopic (exact) mass is 178 g/mol. The third-order valence-corrected chi connectivity index (χ3v) is 2.05. The van der Waals surface area contributed by atoms with Gasteiger partial charge in [0.05, 0.1) is 5.39 Å². The Morgan fingerprint density at radius 1 is 1.15 bits per heavy atom. The molecule has 13 heavy (non-hydrogen) atoms. The molecule has 1 aliphatic heterocycles. The number of hydrogen-bond acceptors (Lipinski definition) is 4. The van der Waals surface area contributed by atoms with E-state index >= 15 is 0 Å². The number of benzene rings is 1. The van der Waals surface area contributed by atoms with Crippen LogP contribution in [0.4, 0.5) is 0 Å². The molecule has 4 heteroatoms. The van der Waals surface area contributed by atoms with Crippen LogP contribution in [-0.2, 0) is 0 Å². The van der Waals surface area contributed by atoms with Gasteiger partial charge in [-0.3, -0.25) is 0 Å². The summed E-state index contributed by atoms with van der Waals surface area (Å²) in [5.74, 6) is 1.42. The molecular weight excluding hydrogens is 172 g/mol. The van der Waals surface area contributed by atoms with Crippen molar-refractivity contribution in [1.29, 1.82) is 0 Å². The third-order valence-electron chi connectivity index (χ3n) is 2.05. The molecule has 1 aliphatic rings. The Morgan fingerprint density at radius 2 is 1.92 bits per heavy atom. The number of fused-ring (bicyclic) bond motifs is 2. The maximum absolute atomic E-state index is 9.35. The molecule has 1 N–H and O–H groups in total. The molecule has 0 bridgehead atoms. The van der Waals surface area contributed by atoms with Crippen LogP contribution >= 0.6 is 0 Å². The summed E-state index contributed by atoms with van der Waals surface area (Å²) in [5, 5.41) is 10.00. The molecule has 1 aromatic carbocycles. The Kier molecular flexibility index (Phi) is 1.07. The Hall–Kier alpha value is -1.84. The molecule has 0 unspecified atom stereocenters. The molecular formula is C9H6O4. The molecule has 3 rings (SSSR count). The average molecular weight is 178 g/mol. The quantitative estimate of drug-likeness (QED) is 0.669. The first-order valence-corrected chi connectivity index (χ1v) is 3.84. The minimum atomic E-state index is 0.119. The lowest BCUT2D eigenvalue weighted by molar-refractivity contribution is 0.174. The second-order valence-electron chi connectivity index (χ2n) is 2.82. The lowest BCUT2D eigenvalue weighted by Gasteiger charge is -1.94. The minimum Gasteiger partial charge on any atom is -0.504 e. The van der Waals surface area contributed by atoms with Crippen LogP contribution < -0.4 is 9.47 Å². The van der Waals surface area contributed by atoms with E-state index in [2.05, 4.69) is 0 Å². The summed E-state index contributed by atoms with van der Waals surface area (Å²) in [4.78, 5) is 0. The van der Waals surface area contributed by atoms with Crippen LogP contribution in [0.1, 0.15) is 0 Å². The normalized spacial score (nSPS) is 13.8. The van der Waals surface area contributed by atoms with Crippen LogP contribution in [0.25, 0.3) is 11.0 Å². The van der Waals surface area contributed by atoms with Crippen LogP contribution in [0.3, 0.4) is 0 Å². The molecule has 0 fully saturated rings. The summed E-state index contributed by atoms with van der Waals surface area (Å²) in [6.07, 6.45) is 1.29. The molecule has 66 valence electrons. The van der Waals surface area contributed by atoms with Crippen molar-refractivity contribution in [1.82, 2.24) is 0 Å². The highest BCUT2D eigenvalue weighted by molar-refractivity contribution is 5.87. The topological polar surface area (TPSA) is 51.8 Å². The van der Waals surface area contributed by atoms with Gasteiger partial charge in [0, 0.05) is 6.07 Å². The second-order valence-corrected chi connectivity index (χ2v) is 2.82. The predicted octanol–water partition coefficient (Wildman–Crippen LogP) is 1.87. The van der Waals surface area contributed by atoms with E-state index in [1.165, 1.54) is 6.26 Å². The van der Waals surface area contributed by atoms with E-state index < -0.39 is 0 Å². The Bertz CT molecular complexity index is 472. The van der Waals surface area contributed by atoms with E-state index in [1.807, 2.05) is 0 Å². The van der Waals surface area contributed by atoms with Crippen LogP contribution in [0.5, 0.6) is 17.2 Å². The molecule has 0 saturated carbocycles. The van der Waals surface area contributed by atoms with Crippen molar-refractivity contribution in [2.45, 2.75) is 0 Å². The Balaban J connectivity index is 2.38. The van der Waals surface area contributed by atoms with Crippen LogP contribution in [-0.4, -0.2) is 11.9 Å². The van der Waals surface area contributed by atoms with E-state index in [0.29, 0.717) is 22.5 Å². The smallest absolute Gasteiger partial charge is 0.231 e. The highest BCUT2D eigenvalue weighted by atomic mass is 16.7. The maximum Gasteiger partial charge on any atom is 0.231 e. The highest BCUT2D eigenvalue weighted by Crippen LogP contribution is 2.39. The number of hydrogen-bond donors (Lipinski definition) is 1. The van der Waals surface area contributed by atoms with Crippen molar-refractivity contribution in [3.05, 3.63) is 18.4 Å². The zero-order chi connectivity index (χ0) is 8.84. The zero-order valence-electron chi connectivity index (χ0n) is 6.61. The van der Waals surface area contributed by atoms with Gasteiger partial charge in [0.1, 0.15) is 11.8 Å². The number of furan rings is 1. The molecule has 2 heterocycles. The van der Waals surface area contributed by atoms with Gasteiger partial charge in [-0.1, -0.05) is 0 Å². The first-order valence-electron chi connectivity index (χ1n) is 3.84. The van der Waals surface area contributed by atoms with E-state index in [4.69, 9.17) is 13.9 Å². The predicted molar refractivity (Wildman–Crippen MR) is 44.0 cm³/mol. The van der Waals surface area contributed by atoms with Gasteiger partial charge in [0.25, 0.3) is 0 Å². The summed E-state index contributed by atoms with van der Waals surface area (Å²) in [5.41, 5.74) is 0.599. The third kappa shape index (κ3) is 0.796. The van der Waals surface area contributed by atoms with Gasteiger partial charge >= 0.3 is 0 Å². The van der Waals surface area contributed by atoms with Crippen LogP contribution in [0.15, 0.2) is 22.8 Å². The average Bonchev–Trinajstić information content (AvgIpc) is 2.70. The summed E-state index contributed by atoms with van der Waals surface area (Å²) >= 11 is 0. The SMILES string of the molecule is Oc1coc2cc3c(cc12)OCO3. The molecule has 1 aromatic heterocycles. The van der Waals surface area contributed by atoms with Crippen molar-refractivity contribution < 1.29 is 19.0 Å². The molecule has 4 nitrogen and oxygen atoms in total. The van der Waals surface area contributed by atoms with Gasteiger partial charge in [0.2, 0.25) is 6.79 Å². The fourth-order valence-electron chi connectivity index (χ4n) is 1.40. The van der Waals surface area contributed by atoms with Crippen molar-refractivity contribution in [3.63, 3.8) is 0 Å². The van der Waals surface area contributed by atoms with Crippen molar-refractivity contribution in [3.8, 4) is 17.2 Å². The van der Waals surface area contributed by atoms with Gasteiger partial charge in [-0.15, -0.1) is 0 Å². The summed E-state index contributed by atoms with van der Waals surface area (Å²) in [7, 11) is 0. The van der Waals surface area contributed by atoms with E-state index in [-0.39, 0.29) is 12.5 Å². The lowest BCUT2D eigenvalue weighted by atomic mass is 10.2. The van der Waals surface area contributed by atoms with Gasteiger partial charge in [-0.2, -0.15) is 0 Å². The maximum atomic E-state index is 9.35. The molecule has 0 spiro atoms. The number of rotatable bonds is 0. The fraction of sp³-hybridized carbons (Fsp3) is 0.111. The molecule has 2 aromatic rings. The first-order chi connectivity index (χ1) is 6.34. The molecule has 0 atom stereocenters. The summed E-state index contributed by atoms with van der Waals surface area (Å²) < 4.78 is 15.4. The minimum absolute atomic E-state index is 0.119. The fourth-order valence-corrected chi connectivity index (χ4v) is 1.40. The van der Waals surface area contributed by atoms with Gasteiger partial charge in [-0.05, 0) is 6.07 Å². The Labute approximate surface area is 73.3 Å². The lowest BCUT2D eigenvalue weighted by Crippen LogP contribution is -1.92. The van der Waals surface area contributed by atoms with Crippen molar-refractivity contribution in [2.24, 2.45) is 0 Å². The molecule has 0 radical (unpaired) electrons. The highest BCUT2D eigenvalue weighted by Gasteiger charge is 2.17. The van der Waals surface area contributed by atoms with E-state index in [9.17, 15) is 5.11 Å². The van der Waals surface area contributed by atoms with Crippen LogP contribution in [0.2, 0.25) is 0 Å². The molecule has 0 amide bonds. The number of ether oxygens (including phenoxy) is 2. The number of aromatic hydroxyl groups is 1. The van der Waals surface area contributed by atoms with E-state index in [0.717, 1.165) is 0 Å². The zero-order valence-corrected chi connectivity index (χ0v) is 6.61. The Morgan fingerprint density at radius 3 is 2.77 bits per heavy atom.